The highest BCUT2D eigenvalue weighted by Crippen LogP contribution is 2.34. The molecule has 0 radical (unpaired) electrons. The molecule has 30 heavy (non-hydrogen) atoms. The molecule has 1 aliphatic rings. The zero-order chi connectivity index (χ0) is 21.1. The Labute approximate surface area is 176 Å². The van der Waals surface area contributed by atoms with E-state index in [1.807, 2.05) is 19.1 Å². The number of benzene rings is 2. The number of hydrogen-bond donors (Lipinski definition) is 1. The average Bonchev–Trinajstić information content (AvgIpc) is 3.41. The molecule has 1 N–H and O–H groups in total. The van der Waals surface area contributed by atoms with Gasteiger partial charge < -0.3 is 19.5 Å². The maximum Gasteiger partial charge on any atom is 0.348 e. The van der Waals surface area contributed by atoms with Crippen LogP contribution in [0, 0.1) is 5.82 Å². The molecule has 0 fully saturated rings. The van der Waals surface area contributed by atoms with E-state index < -0.39 is 18.5 Å². The van der Waals surface area contributed by atoms with Crippen LogP contribution >= 0.6 is 11.3 Å². The molecule has 154 valence electrons. The average molecular weight is 427 g/mol. The largest absolute Gasteiger partial charge is 0.454 e. The number of nitrogens with one attached hydrogen (secondary N) is 1. The molecular weight excluding hydrogens is 409 g/mol. The van der Waals surface area contributed by atoms with Crippen molar-refractivity contribution >= 4 is 23.2 Å². The quantitative estimate of drug-likeness (QED) is 0.593. The van der Waals surface area contributed by atoms with E-state index in [9.17, 15) is 14.0 Å². The summed E-state index contributed by atoms with van der Waals surface area (Å²) in [5.41, 5.74) is 1.65. The Morgan fingerprint density at radius 3 is 2.67 bits per heavy atom. The molecule has 0 saturated carbocycles. The van der Waals surface area contributed by atoms with Gasteiger partial charge >= 0.3 is 5.97 Å². The standard InChI is InChI=1S/C22H18FNO5S/c1-13(15-4-7-17-18(10-15)29-12-28-17)24-21(25)11-27-22(26)20-9-8-19(30-20)14-2-5-16(23)6-3-14/h2-10,13H,11-12H2,1H3,(H,24,25). The van der Waals surface area contributed by atoms with Crippen molar-refractivity contribution in [3.05, 3.63) is 70.9 Å². The van der Waals surface area contributed by atoms with Crippen molar-refractivity contribution in [2.75, 3.05) is 13.4 Å². The minimum absolute atomic E-state index is 0.182. The molecule has 0 aliphatic carbocycles. The van der Waals surface area contributed by atoms with E-state index >= 15 is 0 Å². The molecule has 0 bridgehead atoms. The van der Waals surface area contributed by atoms with Crippen LogP contribution in [0.15, 0.2) is 54.6 Å². The number of hydrogen-bond acceptors (Lipinski definition) is 6. The van der Waals surface area contributed by atoms with E-state index in [0.29, 0.717) is 16.4 Å². The Bertz CT molecular complexity index is 1080. The lowest BCUT2D eigenvalue weighted by Crippen LogP contribution is -2.31. The summed E-state index contributed by atoms with van der Waals surface area (Å²) >= 11 is 1.22. The number of carbonyl (C=O) groups is 2. The predicted octanol–water partition coefficient (Wildman–Crippen LogP) is 4.32. The topological polar surface area (TPSA) is 73.9 Å². The van der Waals surface area contributed by atoms with Gasteiger partial charge in [-0.05, 0) is 54.4 Å². The van der Waals surface area contributed by atoms with E-state index in [4.69, 9.17) is 14.2 Å². The summed E-state index contributed by atoms with van der Waals surface area (Å²) in [4.78, 5) is 25.6. The number of carbonyl (C=O) groups excluding carboxylic acids is 2. The van der Waals surface area contributed by atoms with Gasteiger partial charge in [0, 0.05) is 4.88 Å². The zero-order valence-corrected chi connectivity index (χ0v) is 16.8. The molecule has 4 rings (SSSR count). The van der Waals surface area contributed by atoms with Crippen molar-refractivity contribution in [1.82, 2.24) is 5.32 Å². The molecule has 2 heterocycles. The predicted molar refractivity (Wildman–Crippen MR) is 109 cm³/mol. The monoisotopic (exact) mass is 427 g/mol. The van der Waals surface area contributed by atoms with Crippen molar-refractivity contribution < 1.29 is 28.2 Å². The van der Waals surface area contributed by atoms with Crippen LogP contribution in [0.25, 0.3) is 10.4 Å². The van der Waals surface area contributed by atoms with Gasteiger partial charge in [0.05, 0.1) is 6.04 Å². The molecule has 0 saturated heterocycles. The van der Waals surface area contributed by atoms with Crippen LogP contribution in [-0.2, 0) is 9.53 Å². The van der Waals surface area contributed by atoms with Crippen molar-refractivity contribution in [1.29, 1.82) is 0 Å². The summed E-state index contributed by atoms with van der Waals surface area (Å²) in [6.45, 7) is 1.62. The highest BCUT2D eigenvalue weighted by molar-refractivity contribution is 7.17. The molecule has 6 nitrogen and oxygen atoms in total. The normalized spacial score (nSPS) is 13.0. The molecular formula is C22H18FNO5S. The highest BCUT2D eigenvalue weighted by atomic mass is 32.1. The number of amides is 1. The van der Waals surface area contributed by atoms with Crippen molar-refractivity contribution in [2.24, 2.45) is 0 Å². The van der Waals surface area contributed by atoms with Crippen molar-refractivity contribution in [2.45, 2.75) is 13.0 Å². The van der Waals surface area contributed by atoms with Gasteiger partial charge in [0.2, 0.25) is 6.79 Å². The number of fused-ring (bicyclic) bond motifs is 1. The van der Waals surface area contributed by atoms with Crippen LogP contribution in [-0.4, -0.2) is 25.3 Å². The molecule has 1 unspecified atom stereocenters. The third-order valence-electron chi connectivity index (χ3n) is 4.54. The molecule has 8 heteroatoms. The summed E-state index contributed by atoms with van der Waals surface area (Å²) in [6.07, 6.45) is 0. The van der Waals surface area contributed by atoms with Crippen LogP contribution in [0.5, 0.6) is 11.5 Å². The van der Waals surface area contributed by atoms with Gasteiger partial charge in [-0.15, -0.1) is 11.3 Å². The lowest BCUT2D eigenvalue weighted by Gasteiger charge is -2.14. The second-order valence-corrected chi connectivity index (χ2v) is 7.73. The smallest absolute Gasteiger partial charge is 0.348 e. The zero-order valence-electron chi connectivity index (χ0n) is 16.0. The minimum atomic E-state index is -0.584. The van der Waals surface area contributed by atoms with Crippen LogP contribution in [0.4, 0.5) is 4.39 Å². The number of ether oxygens (including phenoxy) is 3. The lowest BCUT2D eigenvalue weighted by molar-refractivity contribution is -0.124. The first-order valence-electron chi connectivity index (χ1n) is 9.21. The van der Waals surface area contributed by atoms with Crippen molar-refractivity contribution in [3.8, 4) is 21.9 Å². The third-order valence-corrected chi connectivity index (χ3v) is 5.66. The first-order valence-corrected chi connectivity index (χ1v) is 10.0. The highest BCUT2D eigenvalue weighted by Gasteiger charge is 2.18. The van der Waals surface area contributed by atoms with Gasteiger partial charge in [-0.3, -0.25) is 4.79 Å². The van der Waals surface area contributed by atoms with Gasteiger partial charge in [-0.25, -0.2) is 9.18 Å². The first kappa shape index (κ1) is 19.9. The molecule has 3 aromatic rings. The SMILES string of the molecule is CC(NC(=O)COC(=O)c1ccc(-c2ccc(F)cc2)s1)c1ccc2c(c1)OCO2. The second kappa shape index (κ2) is 8.54. The van der Waals surface area contributed by atoms with Gasteiger partial charge in [0.15, 0.2) is 18.1 Å². The van der Waals surface area contributed by atoms with Crippen LogP contribution in [0.1, 0.15) is 28.2 Å². The summed E-state index contributed by atoms with van der Waals surface area (Å²) in [6, 6.07) is 14.5. The van der Waals surface area contributed by atoms with E-state index in [1.54, 1.807) is 30.3 Å². The Morgan fingerprint density at radius 2 is 1.87 bits per heavy atom. The molecule has 2 aromatic carbocycles. The maximum atomic E-state index is 13.0. The van der Waals surface area contributed by atoms with E-state index in [-0.39, 0.29) is 18.7 Å². The van der Waals surface area contributed by atoms with Gasteiger partial charge in [-0.1, -0.05) is 18.2 Å². The van der Waals surface area contributed by atoms with E-state index in [0.717, 1.165) is 16.0 Å². The van der Waals surface area contributed by atoms with Crippen LogP contribution in [0.2, 0.25) is 0 Å². The fraction of sp³-hybridized carbons (Fsp3) is 0.182. The maximum absolute atomic E-state index is 13.0. The molecule has 1 atom stereocenters. The number of rotatable bonds is 6. The van der Waals surface area contributed by atoms with Crippen LogP contribution < -0.4 is 14.8 Å². The van der Waals surface area contributed by atoms with E-state index in [1.165, 1.54) is 23.5 Å². The third kappa shape index (κ3) is 4.44. The Hall–Kier alpha value is -3.39. The lowest BCUT2D eigenvalue weighted by atomic mass is 10.1. The van der Waals surface area contributed by atoms with Crippen molar-refractivity contribution in [3.63, 3.8) is 0 Å². The van der Waals surface area contributed by atoms with E-state index in [2.05, 4.69) is 5.32 Å². The Morgan fingerprint density at radius 1 is 1.10 bits per heavy atom. The minimum Gasteiger partial charge on any atom is -0.454 e. The summed E-state index contributed by atoms with van der Waals surface area (Å²) in [5, 5.41) is 2.79. The fourth-order valence-electron chi connectivity index (χ4n) is 2.97. The number of thiophene rings is 1. The Kier molecular flexibility index (Phi) is 5.67. The number of halogens is 1. The van der Waals surface area contributed by atoms with Gasteiger partial charge in [0.1, 0.15) is 10.7 Å². The van der Waals surface area contributed by atoms with Gasteiger partial charge in [0.25, 0.3) is 5.91 Å². The summed E-state index contributed by atoms with van der Waals surface area (Å²) in [5.74, 6) is -0.0177. The molecule has 1 aliphatic heterocycles. The molecule has 1 amide bonds. The molecule has 1 aromatic heterocycles. The summed E-state index contributed by atoms with van der Waals surface area (Å²) < 4.78 is 28.8. The first-order chi connectivity index (χ1) is 14.5. The fourth-order valence-corrected chi connectivity index (χ4v) is 3.87. The van der Waals surface area contributed by atoms with Gasteiger partial charge in [-0.2, -0.15) is 0 Å². The Balaban J connectivity index is 1.30. The summed E-state index contributed by atoms with van der Waals surface area (Å²) in [7, 11) is 0. The second-order valence-electron chi connectivity index (χ2n) is 6.65. The molecule has 0 spiro atoms. The number of esters is 1. The van der Waals surface area contributed by atoms with Crippen LogP contribution in [0.3, 0.4) is 0 Å².